The SMILES string of the molecule is CCC=C1CCCN(C(=O)OC(C)(C)C)C1C(=O)OC. The maximum atomic E-state index is 12.3. The largest absolute Gasteiger partial charge is 0.467 e. The van der Waals surface area contributed by atoms with Gasteiger partial charge in [-0.15, -0.1) is 0 Å². The Bertz CT molecular complexity index is 395. The highest BCUT2D eigenvalue weighted by Gasteiger charge is 2.38. The monoisotopic (exact) mass is 283 g/mol. The van der Waals surface area contributed by atoms with Gasteiger partial charge in [0.1, 0.15) is 5.60 Å². The van der Waals surface area contributed by atoms with Gasteiger partial charge in [0, 0.05) is 6.54 Å². The fourth-order valence-electron chi connectivity index (χ4n) is 2.30. The molecular formula is C15H25NO4. The molecule has 1 amide bonds. The minimum Gasteiger partial charge on any atom is -0.467 e. The van der Waals surface area contributed by atoms with Crippen LogP contribution in [-0.4, -0.2) is 42.3 Å². The first kappa shape index (κ1) is 16.5. The van der Waals surface area contributed by atoms with Crippen LogP contribution in [0.15, 0.2) is 11.6 Å². The highest BCUT2D eigenvalue weighted by Crippen LogP contribution is 2.26. The van der Waals surface area contributed by atoms with Gasteiger partial charge in [-0.2, -0.15) is 0 Å². The molecule has 1 aliphatic heterocycles. The van der Waals surface area contributed by atoms with Crippen LogP contribution < -0.4 is 0 Å². The summed E-state index contributed by atoms with van der Waals surface area (Å²) in [4.78, 5) is 25.8. The second-order valence-corrected chi connectivity index (χ2v) is 5.89. The Morgan fingerprint density at radius 3 is 2.55 bits per heavy atom. The smallest absolute Gasteiger partial charge is 0.411 e. The summed E-state index contributed by atoms with van der Waals surface area (Å²) < 4.78 is 10.2. The van der Waals surface area contributed by atoms with Crippen LogP contribution in [0.4, 0.5) is 4.79 Å². The Balaban J connectivity index is 2.99. The molecule has 0 aromatic heterocycles. The van der Waals surface area contributed by atoms with Crippen molar-refractivity contribution >= 4 is 12.1 Å². The Hall–Kier alpha value is -1.52. The molecule has 0 spiro atoms. The molecule has 5 nitrogen and oxygen atoms in total. The van der Waals surface area contributed by atoms with Crippen molar-refractivity contribution in [2.45, 2.75) is 58.6 Å². The molecule has 0 bridgehead atoms. The number of carbonyl (C=O) groups is 2. The quantitative estimate of drug-likeness (QED) is 0.577. The molecule has 1 atom stereocenters. The molecule has 0 radical (unpaired) electrons. The third-order valence-corrected chi connectivity index (χ3v) is 3.05. The summed E-state index contributed by atoms with van der Waals surface area (Å²) in [5.41, 5.74) is 0.362. The molecule has 1 rings (SSSR count). The van der Waals surface area contributed by atoms with E-state index >= 15 is 0 Å². The zero-order chi connectivity index (χ0) is 15.3. The standard InChI is InChI=1S/C15H25NO4/c1-6-8-11-9-7-10-16(12(11)13(17)19-5)14(18)20-15(2,3)4/h8,12H,6-7,9-10H2,1-5H3. The summed E-state index contributed by atoms with van der Waals surface area (Å²) in [7, 11) is 1.34. The predicted octanol–water partition coefficient (Wildman–Crippen LogP) is 2.90. The van der Waals surface area contributed by atoms with E-state index < -0.39 is 23.7 Å². The summed E-state index contributed by atoms with van der Waals surface area (Å²) in [6, 6.07) is -0.649. The van der Waals surface area contributed by atoms with Crippen LogP contribution in [0, 0.1) is 0 Å². The van der Waals surface area contributed by atoms with Gasteiger partial charge in [0.2, 0.25) is 0 Å². The third-order valence-electron chi connectivity index (χ3n) is 3.05. The summed E-state index contributed by atoms with van der Waals surface area (Å²) in [6.45, 7) is 7.95. The van der Waals surface area contributed by atoms with Crippen molar-refractivity contribution in [1.29, 1.82) is 0 Å². The first-order chi connectivity index (χ1) is 9.30. The van der Waals surface area contributed by atoms with Gasteiger partial charge in [-0.25, -0.2) is 9.59 Å². The van der Waals surface area contributed by atoms with Crippen LogP contribution >= 0.6 is 0 Å². The maximum Gasteiger partial charge on any atom is 0.411 e. The minimum absolute atomic E-state index is 0.407. The number of esters is 1. The van der Waals surface area contributed by atoms with Crippen LogP contribution in [0.3, 0.4) is 0 Å². The molecule has 1 saturated heterocycles. The Morgan fingerprint density at radius 1 is 1.40 bits per heavy atom. The molecule has 1 aliphatic rings. The molecule has 1 fully saturated rings. The van der Waals surface area contributed by atoms with Crippen LogP contribution in [0.25, 0.3) is 0 Å². The minimum atomic E-state index is -0.649. The zero-order valence-electron chi connectivity index (χ0n) is 13.1. The van der Waals surface area contributed by atoms with Crippen molar-refractivity contribution in [2.75, 3.05) is 13.7 Å². The van der Waals surface area contributed by atoms with Gasteiger partial charge < -0.3 is 9.47 Å². The van der Waals surface area contributed by atoms with Crippen molar-refractivity contribution in [1.82, 2.24) is 4.90 Å². The second kappa shape index (κ2) is 6.77. The topological polar surface area (TPSA) is 55.8 Å². The van der Waals surface area contributed by atoms with Crippen molar-refractivity contribution in [3.05, 3.63) is 11.6 Å². The van der Waals surface area contributed by atoms with E-state index in [1.165, 1.54) is 12.0 Å². The zero-order valence-corrected chi connectivity index (χ0v) is 13.1. The van der Waals surface area contributed by atoms with Gasteiger partial charge in [-0.1, -0.05) is 13.0 Å². The number of likely N-dealkylation sites (tertiary alicyclic amines) is 1. The van der Waals surface area contributed by atoms with Crippen LogP contribution in [0.1, 0.15) is 47.0 Å². The first-order valence-electron chi connectivity index (χ1n) is 7.06. The first-order valence-corrected chi connectivity index (χ1v) is 7.06. The molecule has 0 aliphatic carbocycles. The molecular weight excluding hydrogens is 258 g/mol. The van der Waals surface area contributed by atoms with Crippen molar-refractivity contribution in [3.63, 3.8) is 0 Å². The molecule has 0 saturated carbocycles. The predicted molar refractivity (Wildman–Crippen MR) is 76.4 cm³/mol. The fraction of sp³-hybridized carbons (Fsp3) is 0.733. The summed E-state index contributed by atoms with van der Waals surface area (Å²) in [5.74, 6) is -0.407. The van der Waals surface area contributed by atoms with Crippen molar-refractivity contribution < 1.29 is 19.1 Å². The van der Waals surface area contributed by atoms with Crippen molar-refractivity contribution in [2.24, 2.45) is 0 Å². The number of methoxy groups -OCH3 is 1. The molecule has 0 N–H and O–H groups in total. The summed E-state index contributed by atoms with van der Waals surface area (Å²) in [5, 5.41) is 0. The van der Waals surface area contributed by atoms with E-state index in [1.807, 2.05) is 33.8 Å². The Kier molecular flexibility index (Phi) is 5.60. The number of carbonyl (C=O) groups excluding carboxylic acids is 2. The Labute approximate surface area is 120 Å². The lowest BCUT2D eigenvalue weighted by Gasteiger charge is -2.36. The van der Waals surface area contributed by atoms with Gasteiger partial charge in [-0.05, 0) is 45.6 Å². The second-order valence-electron chi connectivity index (χ2n) is 5.89. The van der Waals surface area contributed by atoms with E-state index in [2.05, 4.69) is 0 Å². The lowest BCUT2D eigenvalue weighted by molar-refractivity contribution is -0.146. The van der Waals surface area contributed by atoms with Gasteiger partial charge >= 0.3 is 12.1 Å². The van der Waals surface area contributed by atoms with E-state index in [-0.39, 0.29) is 0 Å². The molecule has 5 heteroatoms. The third kappa shape index (κ3) is 4.25. The van der Waals surface area contributed by atoms with E-state index in [0.717, 1.165) is 24.8 Å². The maximum absolute atomic E-state index is 12.3. The summed E-state index contributed by atoms with van der Waals surface area (Å²) >= 11 is 0. The van der Waals surface area contributed by atoms with E-state index in [4.69, 9.17) is 9.47 Å². The number of amides is 1. The number of allylic oxidation sites excluding steroid dienone is 1. The fourth-order valence-corrected chi connectivity index (χ4v) is 2.30. The number of piperidine rings is 1. The molecule has 0 aromatic rings. The highest BCUT2D eigenvalue weighted by atomic mass is 16.6. The van der Waals surface area contributed by atoms with Crippen LogP contribution in [0.2, 0.25) is 0 Å². The lowest BCUT2D eigenvalue weighted by atomic mass is 9.95. The summed E-state index contributed by atoms with van der Waals surface area (Å²) in [6.07, 6.45) is 4.00. The van der Waals surface area contributed by atoms with E-state index in [0.29, 0.717) is 6.54 Å². The Morgan fingerprint density at radius 2 is 2.05 bits per heavy atom. The number of hydrogen-bond donors (Lipinski definition) is 0. The van der Waals surface area contributed by atoms with E-state index in [1.54, 1.807) is 0 Å². The average molecular weight is 283 g/mol. The van der Waals surface area contributed by atoms with Crippen LogP contribution in [0.5, 0.6) is 0 Å². The number of rotatable bonds is 2. The molecule has 1 heterocycles. The van der Waals surface area contributed by atoms with Crippen molar-refractivity contribution in [3.8, 4) is 0 Å². The van der Waals surface area contributed by atoms with Gasteiger partial charge in [0.15, 0.2) is 6.04 Å². The lowest BCUT2D eigenvalue weighted by Crippen LogP contribution is -2.51. The number of hydrogen-bond acceptors (Lipinski definition) is 4. The number of nitrogens with zero attached hydrogens (tertiary/aromatic N) is 1. The van der Waals surface area contributed by atoms with Gasteiger partial charge in [0.05, 0.1) is 7.11 Å². The molecule has 1 unspecified atom stereocenters. The average Bonchev–Trinajstić information content (AvgIpc) is 2.36. The normalized spacial score (nSPS) is 21.8. The molecule has 114 valence electrons. The van der Waals surface area contributed by atoms with E-state index in [9.17, 15) is 9.59 Å². The van der Waals surface area contributed by atoms with Gasteiger partial charge in [0.25, 0.3) is 0 Å². The molecule has 0 aromatic carbocycles. The highest BCUT2D eigenvalue weighted by molar-refractivity contribution is 5.85. The van der Waals surface area contributed by atoms with Crippen LogP contribution in [-0.2, 0) is 14.3 Å². The number of ether oxygens (including phenoxy) is 2. The van der Waals surface area contributed by atoms with Gasteiger partial charge in [-0.3, -0.25) is 4.90 Å². The molecule has 20 heavy (non-hydrogen) atoms.